The van der Waals surface area contributed by atoms with Crippen molar-refractivity contribution in [3.05, 3.63) is 36.9 Å². The monoisotopic (exact) mass is 360 g/mol. The standard InChI is InChI=1S/C18H24N4O2S/c1-4-10-19-17(24)21-16(23)12-25-18-20-14-7-5-6-8-15(14)22(18)11-9-13(2)3/h4-8,13H,1,9-12H2,2-3H3,(H2,19,21,23,24). The molecule has 0 saturated carbocycles. The average molecular weight is 360 g/mol. The van der Waals surface area contributed by atoms with Gasteiger partial charge in [0, 0.05) is 13.1 Å². The Hall–Kier alpha value is -2.28. The Morgan fingerprint density at radius 2 is 2.12 bits per heavy atom. The zero-order chi connectivity index (χ0) is 18.2. The molecule has 2 aromatic rings. The lowest BCUT2D eigenvalue weighted by Gasteiger charge is -2.10. The first kappa shape index (κ1) is 19.1. The van der Waals surface area contributed by atoms with Crippen LogP contribution in [0.25, 0.3) is 11.0 Å². The fourth-order valence-corrected chi connectivity index (χ4v) is 3.11. The highest BCUT2D eigenvalue weighted by Crippen LogP contribution is 2.25. The van der Waals surface area contributed by atoms with E-state index in [-0.39, 0.29) is 11.7 Å². The molecule has 2 rings (SSSR count). The Balaban J connectivity index is 2.04. The molecule has 0 fully saturated rings. The Labute approximate surface area is 152 Å². The lowest BCUT2D eigenvalue weighted by atomic mass is 10.1. The van der Waals surface area contributed by atoms with Crippen LogP contribution in [0.1, 0.15) is 20.3 Å². The van der Waals surface area contributed by atoms with Gasteiger partial charge in [-0.2, -0.15) is 0 Å². The molecule has 0 unspecified atom stereocenters. The summed E-state index contributed by atoms with van der Waals surface area (Å²) in [6, 6.07) is 7.43. The third-order valence-electron chi connectivity index (χ3n) is 3.54. The molecule has 1 aromatic carbocycles. The SMILES string of the molecule is C=CCNC(=O)NC(=O)CSc1nc2ccccc2n1CCC(C)C. The van der Waals surface area contributed by atoms with Gasteiger partial charge in [0.1, 0.15) is 0 Å². The summed E-state index contributed by atoms with van der Waals surface area (Å²) < 4.78 is 2.14. The molecule has 25 heavy (non-hydrogen) atoms. The summed E-state index contributed by atoms with van der Waals surface area (Å²) in [4.78, 5) is 28.0. The molecular weight excluding hydrogens is 336 g/mol. The molecule has 134 valence electrons. The van der Waals surface area contributed by atoms with Crippen molar-refractivity contribution < 1.29 is 9.59 Å². The number of fused-ring (bicyclic) bond motifs is 1. The highest BCUT2D eigenvalue weighted by atomic mass is 32.2. The first-order valence-electron chi connectivity index (χ1n) is 8.28. The van der Waals surface area contributed by atoms with E-state index >= 15 is 0 Å². The van der Waals surface area contributed by atoms with Gasteiger partial charge in [0.25, 0.3) is 0 Å². The minimum absolute atomic E-state index is 0.131. The second-order valence-corrected chi connectivity index (χ2v) is 7.00. The second-order valence-electron chi connectivity index (χ2n) is 6.05. The first-order chi connectivity index (χ1) is 12.0. The molecule has 0 bridgehead atoms. The molecule has 0 aliphatic rings. The number of rotatable bonds is 8. The molecular formula is C18H24N4O2S. The fourth-order valence-electron chi connectivity index (χ4n) is 2.27. The molecule has 1 heterocycles. The minimum atomic E-state index is -0.515. The third-order valence-corrected chi connectivity index (χ3v) is 4.52. The summed E-state index contributed by atoms with van der Waals surface area (Å²) in [5.74, 6) is 0.358. The predicted octanol–water partition coefficient (Wildman–Crippen LogP) is 3.19. The molecule has 0 aliphatic carbocycles. The number of aromatic nitrogens is 2. The van der Waals surface area contributed by atoms with E-state index in [2.05, 4.69) is 40.6 Å². The van der Waals surface area contributed by atoms with E-state index in [1.54, 1.807) is 6.08 Å². The van der Waals surface area contributed by atoms with Crippen LogP contribution < -0.4 is 10.6 Å². The summed E-state index contributed by atoms with van der Waals surface area (Å²) in [5.41, 5.74) is 1.98. The molecule has 0 saturated heterocycles. The number of hydrogen-bond acceptors (Lipinski definition) is 4. The van der Waals surface area contributed by atoms with Crippen molar-refractivity contribution in [2.75, 3.05) is 12.3 Å². The number of imide groups is 1. The predicted molar refractivity (Wildman–Crippen MR) is 102 cm³/mol. The smallest absolute Gasteiger partial charge is 0.321 e. The zero-order valence-electron chi connectivity index (χ0n) is 14.6. The Bertz CT molecular complexity index is 755. The quantitative estimate of drug-likeness (QED) is 0.560. The van der Waals surface area contributed by atoms with Gasteiger partial charge in [0.15, 0.2) is 5.16 Å². The van der Waals surface area contributed by atoms with Crippen molar-refractivity contribution >= 4 is 34.7 Å². The number of hydrogen-bond donors (Lipinski definition) is 2. The van der Waals surface area contributed by atoms with Gasteiger partial charge in [-0.1, -0.05) is 43.8 Å². The number of nitrogens with one attached hydrogen (secondary N) is 2. The van der Waals surface area contributed by atoms with Crippen molar-refractivity contribution in [1.82, 2.24) is 20.2 Å². The van der Waals surface area contributed by atoms with Gasteiger partial charge >= 0.3 is 6.03 Å². The van der Waals surface area contributed by atoms with Crippen molar-refractivity contribution in [1.29, 1.82) is 0 Å². The molecule has 1 aromatic heterocycles. The molecule has 0 atom stereocenters. The van der Waals surface area contributed by atoms with Gasteiger partial charge in [0.2, 0.25) is 5.91 Å². The summed E-state index contributed by atoms with van der Waals surface area (Å²) >= 11 is 1.34. The fraction of sp³-hybridized carbons (Fsp3) is 0.389. The van der Waals surface area contributed by atoms with Crippen LogP contribution in [-0.4, -0.2) is 33.8 Å². The van der Waals surface area contributed by atoms with Crippen molar-refractivity contribution in [2.24, 2.45) is 5.92 Å². The van der Waals surface area contributed by atoms with Gasteiger partial charge in [-0.05, 0) is 24.5 Å². The van der Waals surface area contributed by atoms with Crippen LogP contribution in [0.4, 0.5) is 4.79 Å². The van der Waals surface area contributed by atoms with Crippen LogP contribution in [0, 0.1) is 5.92 Å². The largest absolute Gasteiger partial charge is 0.334 e. The molecule has 2 N–H and O–H groups in total. The Morgan fingerprint density at radius 3 is 2.84 bits per heavy atom. The summed E-state index contributed by atoms with van der Waals surface area (Å²) in [5, 5.41) is 5.60. The number of thioether (sulfide) groups is 1. The van der Waals surface area contributed by atoms with Crippen molar-refractivity contribution in [3.8, 4) is 0 Å². The minimum Gasteiger partial charge on any atom is -0.334 e. The summed E-state index contributed by atoms with van der Waals surface area (Å²) in [6.07, 6.45) is 2.58. The van der Waals surface area contributed by atoms with Crippen LogP contribution in [0.15, 0.2) is 42.1 Å². The van der Waals surface area contributed by atoms with Gasteiger partial charge in [-0.25, -0.2) is 9.78 Å². The van der Waals surface area contributed by atoms with Crippen LogP contribution in [0.2, 0.25) is 0 Å². The first-order valence-corrected chi connectivity index (χ1v) is 9.26. The van der Waals surface area contributed by atoms with Gasteiger partial charge in [0.05, 0.1) is 16.8 Å². The average Bonchev–Trinajstić information content (AvgIpc) is 2.93. The highest BCUT2D eigenvalue weighted by Gasteiger charge is 2.14. The maximum Gasteiger partial charge on any atom is 0.321 e. The number of amides is 3. The molecule has 6 nitrogen and oxygen atoms in total. The van der Waals surface area contributed by atoms with Gasteiger partial charge in [-0.15, -0.1) is 6.58 Å². The van der Waals surface area contributed by atoms with Crippen LogP contribution in [-0.2, 0) is 11.3 Å². The van der Waals surface area contributed by atoms with E-state index < -0.39 is 6.03 Å². The summed E-state index contributed by atoms with van der Waals surface area (Å²) in [7, 11) is 0. The number of aryl methyl sites for hydroxylation is 1. The molecule has 0 spiro atoms. The molecule has 7 heteroatoms. The van der Waals surface area contributed by atoms with Crippen molar-refractivity contribution in [2.45, 2.75) is 32.0 Å². The van der Waals surface area contributed by atoms with E-state index in [0.717, 1.165) is 29.2 Å². The lowest BCUT2D eigenvalue weighted by molar-refractivity contribution is -0.117. The molecule has 3 amide bonds. The molecule has 0 aliphatic heterocycles. The number of carbonyl (C=O) groups excluding carboxylic acids is 2. The van der Waals surface area contributed by atoms with Crippen LogP contribution >= 0.6 is 11.8 Å². The normalized spacial score (nSPS) is 10.8. The van der Waals surface area contributed by atoms with E-state index in [0.29, 0.717) is 12.5 Å². The van der Waals surface area contributed by atoms with Gasteiger partial charge in [-0.3, -0.25) is 10.1 Å². The number of urea groups is 1. The zero-order valence-corrected chi connectivity index (χ0v) is 15.4. The number of benzene rings is 1. The van der Waals surface area contributed by atoms with Gasteiger partial charge < -0.3 is 9.88 Å². The van der Waals surface area contributed by atoms with Crippen molar-refractivity contribution in [3.63, 3.8) is 0 Å². The Morgan fingerprint density at radius 1 is 1.36 bits per heavy atom. The Kier molecular flexibility index (Phi) is 7.06. The van der Waals surface area contributed by atoms with Crippen LogP contribution in [0.5, 0.6) is 0 Å². The summed E-state index contributed by atoms with van der Waals surface area (Å²) in [6.45, 7) is 9.03. The third kappa shape index (κ3) is 5.63. The highest BCUT2D eigenvalue weighted by molar-refractivity contribution is 7.99. The van der Waals surface area contributed by atoms with Crippen LogP contribution in [0.3, 0.4) is 0 Å². The molecule has 0 radical (unpaired) electrons. The second kappa shape index (κ2) is 9.27. The van der Waals surface area contributed by atoms with E-state index in [1.807, 2.05) is 24.3 Å². The number of para-hydroxylation sites is 2. The maximum atomic E-state index is 11.9. The van der Waals surface area contributed by atoms with E-state index in [9.17, 15) is 9.59 Å². The topological polar surface area (TPSA) is 76.0 Å². The number of nitrogens with zero attached hydrogens (tertiary/aromatic N) is 2. The lowest BCUT2D eigenvalue weighted by Crippen LogP contribution is -2.40. The maximum absolute atomic E-state index is 11.9. The van der Waals surface area contributed by atoms with E-state index in [4.69, 9.17) is 0 Å². The van der Waals surface area contributed by atoms with E-state index in [1.165, 1.54) is 11.8 Å². The number of imidazole rings is 1. The number of carbonyl (C=O) groups is 2.